The molecule has 1 aromatic heterocycles. The predicted molar refractivity (Wildman–Crippen MR) is 118 cm³/mol. The number of aromatic nitrogens is 2. The Hall–Kier alpha value is -2.34. The summed E-state index contributed by atoms with van der Waals surface area (Å²) in [5.41, 5.74) is 1.36. The molecule has 1 N–H and O–H groups in total. The highest BCUT2D eigenvalue weighted by Crippen LogP contribution is 2.28. The molecule has 0 bridgehead atoms. The molecule has 2 fully saturated rings. The van der Waals surface area contributed by atoms with Gasteiger partial charge in [0, 0.05) is 37.9 Å². The molecule has 0 radical (unpaired) electrons. The first-order valence-electron chi connectivity index (χ1n) is 10.9. The second kappa shape index (κ2) is 9.92. The molecule has 2 aliphatic rings. The summed E-state index contributed by atoms with van der Waals surface area (Å²) in [4.78, 5) is 13.8. The van der Waals surface area contributed by atoms with Crippen LogP contribution in [0.5, 0.6) is 5.75 Å². The lowest BCUT2D eigenvalue weighted by Crippen LogP contribution is -2.47. The maximum absolute atomic E-state index is 5.12. The molecule has 1 saturated heterocycles. The molecule has 0 amide bonds. The van der Waals surface area contributed by atoms with Gasteiger partial charge in [0.15, 0.2) is 5.75 Å². The number of nitrogens with one attached hydrogen (secondary N) is 1. The second-order valence-electron chi connectivity index (χ2n) is 8.26. The van der Waals surface area contributed by atoms with Crippen molar-refractivity contribution in [1.82, 2.24) is 14.9 Å². The van der Waals surface area contributed by atoms with Crippen molar-refractivity contribution in [2.75, 3.05) is 50.1 Å². The Morgan fingerprint density at radius 1 is 0.966 bits per heavy atom. The summed E-state index contributed by atoms with van der Waals surface area (Å²) in [6.07, 6.45) is 9.80. The Kier molecular flexibility index (Phi) is 6.83. The number of para-hydroxylation sites is 1. The molecular weight excluding hydrogens is 362 g/mol. The van der Waals surface area contributed by atoms with Gasteiger partial charge >= 0.3 is 0 Å². The molecule has 1 saturated carbocycles. The number of benzene rings is 1. The SMILES string of the molecule is COc1cnc(N[C@H]2CC[C@H](CCN3CCN(c4ccccc4)CC3)CC2)nc1. The van der Waals surface area contributed by atoms with Crippen molar-refractivity contribution in [2.24, 2.45) is 5.92 Å². The average Bonchev–Trinajstić information content (AvgIpc) is 2.80. The highest BCUT2D eigenvalue weighted by molar-refractivity contribution is 5.46. The Morgan fingerprint density at radius 3 is 2.31 bits per heavy atom. The van der Waals surface area contributed by atoms with E-state index < -0.39 is 0 Å². The summed E-state index contributed by atoms with van der Waals surface area (Å²) in [5.74, 6) is 2.27. The van der Waals surface area contributed by atoms with Crippen LogP contribution in [-0.2, 0) is 0 Å². The van der Waals surface area contributed by atoms with Gasteiger partial charge in [-0.1, -0.05) is 18.2 Å². The van der Waals surface area contributed by atoms with Gasteiger partial charge in [0.25, 0.3) is 0 Å². The van der Waals surface area contributed by atoms with Crippen molar-refractivity contribution in [3.63, 3.8) is 0 Å². The number of nitrogens with zero attached hydrogens (tertiary/aromatic N) is 4. The molecule has 0 spiro atoms. The Bertz CT molecular complexity index is 723. The Balaban J connectivity index is 1.13. The number of methoxy groups -OCH3 is 1. The molecule has 0 unspecified atom stereocenters. The van der Waals surface area contributed by atoms with E-state index in [-0.39, 0.29) is 0 Å². The standard InChI is InChI=1S/C23H33N5O/c1-29-22-17-24-23(25-18-22)26-20-9-7-19(8-10-20)11-12-27-13-15-28(16-14-27)21-5-3-2-4-6-21/h2-6,17-20H,7-16H2,1H3,(H,24,25,26)/t19-,20-. The Morgan fingerprint density at radius 2 is 1.66 bits per heavy atom. The maximum Gasteiger partial charge on any atom is 0.223 e. The maximum atomic E-state index is 5.12. The van der Waals surface area contributed by atoms with E-state index in [2.05, 4.69) is 55.4 Å². The van der Waals surface area contributed by atoms with Crippen molar-refractivity contribution < 1.29 is 4.74 Å². The molecule has 29 heavy (non-hydrogen) atoms. The molecule has 2 heterocycles. The van der Waals surface area contributed by atoms with Gasteiger partial charge in [-0.3, -0.25) is 4.90 Å². The third-order valence-electron chi connectivity index (χ3n) is 6.39. The third kappa shape index (κ3) is 5.60. The summed E-state index contributed by atoms with van der Waals surface area (Å²) < 4.78 is 5.12. The van der Waals surface area contributed by atoms with Gasteiger partial charge < -0.3 is 15.0 Å². The molecule has 156 valence electrons. The fraction of sp³-hybridized carbons (Fsp3) is 0.565. The summed E-state index contributed by atoms with van der Waals surface area (Å²) in [5, 5.41) is 3.48. The molecule has 1 aliphatic heterocycles. The molecule has 1 aromatic carbocycles. The molecule has 4 rings (SSSR count). The minimum Gasteiger partial charge on any atom is -0.494 e. The number of anilines is 2. The highest BCUT2D eigenvalue weighted by Gasteiger charge is 2.23. The lowest BCUT2D eigenvalue weighted by Gasteiger charge is -2.37. The van der Waals surface area contributed by atoms with E-state index in [1.54, 1.807) is 19.5 Å². The largest absolute Gasteiger partial charge is 0.494 e. The van der Waals surface area contributed by atoms with E-state index in [0.29, 0.717) is 17.7 Å². The van der Waals surface area contributed by atoms with Crippen LogP contribution in [-0.4, -0.2) is 60.7 Å². The quantitative estimate of drug-likeness (QED) is 0.772. The summed E-state index contributed by atoms with van der Waals surface area (Å²) >= 11 is 0. The number of rotatable bonds is 7. The third-order valence-corrected chi connectivity index (χ3v) is 6.39. The van der Waals surface area contributed by atoms with Crippen LogP contribution in [0.4, 0.5) is 11.6 Å². The fourth-order valence-corrected chi connectivity index (χ4v) is 4.51. The van der Waals surface area contributed by atoms with E-state index in [1.165, 1.54) is 57.4 Å². The zero-order valence-electron chi connectivity index (χ0n) is 17.5. The summed E-state index contributed by atoms with van der Waals surface area (Å²) in [6.45, 7) is 5.89. The number of ether oxygens (including phenoxy) is 1. The van der Waals surface area contributed by atoms with Gasteiger partial charge in [-0.25, -0.2) is 9.97 Å². The highest BCUT2D eigenvalue weighted by atomic mass is 16.5. The number of hydrogen-bond acceptors (Lipinski definition) is 6. The van der Waals surface area contributed by atoms with E-state index in [4.69, 9.17) is 4.74 Å². The predicted octanol–water partition coefficient (Wildman–Crippen LogP) is 3.67. The van der Waals surface area contributed by atoms with Gasteiger partial charge in [0.2, 0.25) is 5.95 Å². The lowest BCUT2D eigenvalue weighted by atomic mass is 9.84. The van der Waals surface area contributed by atoms with E-state index in [9.17, 15) is 0 Å². The molecule has 6 nitrogen and oxygen atoms in total. The molecule has 0 atom stereocenters. The summed E-state index contributed by atoms with van der Waals surface area (Å²) in [7, 11) is 1.64. The van der Waals surface area contributed by atoms with Crippen molar-refractivity contribution in [1.29, 1.82) is 0 Å². The van der Waals surface area contributed by atoms with Gasteiger partial charge in [-0.15, -0.1) is 0 Å². The second-order valence-corrected chi connectivity index (χ2v) is 8.26. The van der Waals surface area contributed by atoms with Gasteiger partial charge in [-0.05, 0) is 56.7 Å². The van der Waals surface area contributed by atoms with Crippen LogP contribution in [0, 0.1) is 5.92 Å². The first-order valence-corrected chi connectivity index (χ1v) is 10.9. The smallest absolute Gasteiger partial charge is 0.223 e. The number of hydrogen-bond donors (Lipinski definition) is 1. The van der Waals surface area contributed by atoms with Crippen LogP contribution in [0.25, 0.3) is 0 Å². The fourth-order valence-electron chi connectivity index (χ4n) is 4.51. The first kappa shape index (κ1) is 20.0. The van der Waals surface area contributed by atoms with Crippen LogP contribution in [0.2, 0.25) is 0 Å². The van der Waals surface area contributed by atoms with Crippen LogP contribution in [0.1, 0.15) is 32.1 Å². The molecule has 2 aromatic rings. The van der Waals surface area contributed by atoms with Gasteiger partial charge in [0.05, 0.1) is 19.5 Å². The average molecular weight is 396 g/mol. The minimum atomic E-state index is 0.495. The lowest BCUT2D eigenvalue weighted by molar-refractivity contribution is 0.218. The van der Waals surface area contributed by atoms with Crippen LogP contribution in [0.15, 0.2) is 42.7 Å². The van der Waals surface area contributed by atoms with E-state index in [0.717, 1.165) is 19.0 Å². The molecule has 1 aliphatic carbocycles. The van der Waals surface area contributed by atoms with Crippen molar-refractivity contribution in [2.45, 2.75) is 38.1 Å². The van der Waals surface area contributed by atoms with Crippen LogP contribution in [0.3, 0.4) is 0 Å². The number of piperazine rings is 1. The topological polar surface area (TPSA) is 53.5 Å². The van der Waals surface area contributed by atoms with Gasteiger partial charge in [-0.2, -0.15) is 0 Å². The van der Waals surface area contributed by atoms with Crippen molar-refractivity contribution in [3.05, 3.63) is 42.7 Å². The molecular formula is C23H33N5O. The molecule has 6 heteroatoms. The first-order chi connectivity index (χ1) is 14.3. The van der Waals surface area contributed by atoms with Crippen LogP contribution < -0.4 is 15.0 Å². The normalized spacial score (nSPS) is 23.0. The zero-order chi connectivity index (χ0) is 19.9. The van der Waals surface area contributed by atoms with Crippen molar-refractivity contribution >= 4 is 11.6 Å². The minimum absolute atomic E-state index is 0.495. The van der Waals surface area contributed by atoms with E-state index >= 15 is 0 Å². The Labute approximate surface area is 174 Å². The van der Waals surface area contributed by atoms with Crippen molar-refractivity contribution in [3.8, 4) is 5.75 Å². The van der Waals surface area contributed by atoms with Gasteiger partial charge in [0.1, 0.15) is 0 Å². The summed E-state index contributed by atoms with van der Waals surface area (Å²) in [6, 6.07) is 11.3. The van der Waals surface area contributed by atoms with Crippen LogP contribution >= 0.6 is 0 Å². The van der Waals surface area contributed by atoms with E-state index in [1.807, 2.05) is 0 Å². The monoisotopic (exact) mass is 395 g/mol. The zero-order valence-corrected chi connectivity index (χ0v) is 17.5.